The molecule has 2 aromatic carbocycles. The summed E-state index contributed by atoms with van der Waals surface area (Å²) >= 11 is 12.0. The monoisotopic (exact) mass is 391 g/mol. The molecule has 0 saturated heterocycles. The average Bonchev–Trinajstić information content (AvgIpc) is 2.47. The van der Waals surface area contributed by atoms with Crippen molar-refractivity contribution in [2.75, 3.05) is 6.26 Å². The maximum Gasteiger partial charge on any atom is 0.267 e. The van der Waals surface area contributed by atoms with Gasteiger partial charge in [0.15, 0.2) is 0 Å². The summed E-state index contributed by atoms with van der Waals surface area (Å²) in [5.41, 5.74) is 0.171. The molecule has 2 rings (SSSR count). The van der Waals surface area contributed by atoms with E-state index in [1.54, 1.807) is 29.0 Å². The number of nitrogens with one attached hydrogen (secondary N) is 1. The fourth-order valence-electron chi connectivity index (χ4n) is 1.81. The quantitative estimate of drug-likeness (QED) is 0.847. The average molecular weight is 392 g/mol. The van der Waals surface area contributed by atoms with Crippen LogP contribution in [-0.4, -0.2) is 20.6 Å². The summed E-state index contributed by atoms with van der Waals surface area (Å²) in [5, 5.41) is 0.445. The van der Waals surface area contributed by atoms with Gasteiger partial charge in [-0.05, 0) is 12.1 Å². The van der Waals surface area contributed by atoms with E-state index < -0.39 is 27.3 Å². The van der Waals surface area contributed by atoms with Gasteiger partial charge in [-0.3, -0.25) is 4.79 Å². The number of hydrogen-bond acceptors (Lipinski definition) is 4. The van der Waals surface area contributed by atoms with Crippen molar-refractivity contribution >= 4 is 39.1 Å². The Kier molecular flexibility index (Phi) is 5.69. The second-order valence-electron chi connectivity index (χ2n) is 4.85. The first-order valence-electron chi connectivity index (χ1n) is 6.55. The van der Waals surface area contributed by atoms with Gasteiger partial charge >= 0.3 is 0 Å². The number of ether oxygens (including phenoxy) is 1. The molecule has 0 aliphatic rings. The van der Waals surface area contributed by atoms with E-state index in [9.17, 15) is 17.6 Å². The largest absolute Gasteiger partial charge is 0.487 e. The number of carbonyl (C=O) groups excluding carboxylic acids is 1. The van der Waals surface area contributed by atoms with E-state index in [-0.39, 0.29) is 17.4 Å². The van der Waals surface area contributed by atoms with E-state index in [0.717, 1.165) is 18.4 Å². The van der Waals surface area contributed by atoms with Gasteiger partial charge in [0.1, 0.15) is 18.2 Å². The molecule has 0 spiro atoms. The lowest BCUT2D eigenvalue weighted by Crippen LogP contribution is -2.30. The first-order chi connectivity index (χ1) is 11.2. The highest BCUT2D eigenvalue weighted by Gasteiger charge is 2.19. The third kappa shape index (κ3) is 4.83. The van der Waals surface area contributed by atoms with Crippen LogP contribution in [0.2, 0.25) is 10.0 Å². The van der Waals surface area contributed by atoms with Crippen molar-refractivity contribution < 1.29 is 22.3 Å². The maximum atomic E-state index is 14.0. The maximum absolute atomic E-state index is 14.0. The molecular formula is C15H12Cl2FNO4S. The second kappa shape index (κ2) is 7.38. The normalized spacial score (nSPS) is 11.2. The van der Waals surface area contributed by atoms with Crippen molar-refractivity contribution in [2.24, 2.45) is 0 Å². The van der Waals surface area contributed by atoms with Crippen LogP contribution in [-0.2, 0) is 16.6 Å². The first-order valence-corrected chi connectivity index (χ1v) is 9.19. The minimum absolute atomic E-state index is 0.00462. The van der Waals surface area contributed by atoms with Gasteiger partial charge in [-0.15, -0.1) is 0 Å². The van der Waals surface area contributed by atoms with E-state index >= 15 is 0 Å². The van der Waals surface area contributed by atoms with E-state index in [2.05, 4.69) is 0 Å². The summed E-state index contributed by atoms with van der Waals surface area (Å²) in [6.45, 7) is 0.0493. The molecule has 0 radical (unpaired) electrons. The van der Waals surface area contributed by atoms with Gasteiger partial charge in [0, 0.05) is 16.7 Å². The zero-order valence-electron chi connectivity index (χ0n) is 12.3. The van der Waals surface area contributed by atoms with Crippen molar-refractivity contribution in [1.82, 2.24) is 4.72 Å². The van der Waals surface area contributed by atoms with E-state index in [1.807, 2.05) is 0 Å². The van der Waals surface area contributed by atoms with E-state index in [0.29, 0.717) is 10.6 Å². The smallest absolute Gasteiger partial charge is 0.267 e. The summed E-state index contributed by atoms with van der Waals surface area (Å²) in [7, 11) is -3.82. The molecule has 0 aliphatic heterocycles. The van der Waals surface area contributed by atoms with Crippen LogP contribution in [0.4, 0.5) is 4.39 Å². The molecule has 2 aromatic rings. The molecule has 0 heterocycles. The molecule has 0 saturated carbocycles. The molecule has 1 N–H and O–H groups in total. The molecule has 0 bridgehead atoms. The molecule has 0 aromatic heterocycles. The Labute approximate surface area is 148 Å². The van der Waals surface area contributed by atoms with Crippen molar-refractivity contribution in [2.45, 2.75) is 6.61 Å². The molecule has 1 amide bonds. The molecule has 24 heavy (non-hydrogen) atoms. The summed E-state index contributed by atoms with van der Waals surface area (Å²) in [4.78, 5) is 11.7. The SMILES string of the molecule is CS(=O)(=O)NC(=O)c1cc(Cl)c(OCc2ccccc2Cl)cc1F. The Morgan fingerprint density at radius 2 is 1.88 bits per heavy atom. The second-order valence-corrected chi connectivity index (χ2v) is 7.41. The van der Waals surface area contributed by atoms with E-state index in [4.69, 9.17) is 27.9 Å². The van der Waals surface area contributed by atoms with Crippen molar-refractivity contribution in [3.8, 4) is 5.75 Å². The van der Waals surface area contributed by atoms with Gasteiger partial charge in [0.2, 0.25) is 10.0 Å². The topological polar surface area (TPSA) is 72.5 Å². The highest BCUT2D eigenvalue weighted by atomic mass is 35.5. The fraction of sp³-hybridized carbons (Fsp3) is 0.133. The molecule has 128 valence electrons. The zero-order valence-corrected chi connectivity index (χ0v) is 14.7. The fourth-order valence-corrected chi connectivity index (χ4v) is 2.66. The molecular weight excluding hydrogens is 380 g/mol. The number of benzene rings is 2. The van der Waals surface area contributed by atoms with Crippen molar-refractivity contribution in [3.63, 3.8) is 0 Å². The lowest BCUT2D eigenvalue weighted by molar-refractivity contribution is 0.0977. The van der Waals surface area contributed by atoms with Gasteiger partial charge in [-0.1, -0.05) is 41.4 Å². The third-order valence-electron chi connectivity index (χ3n) is 2.89. The van der Waals surface area contributed by atoms with Gasteiger partial charge in [0.05, 0.1) is 16.8 Å². The van der Waals surface area contributed by atoms with Crippen LogP contribution in [0, 0.1) is 5.82 Å². The van der Waals surface area contributed by atoms with Crippen LogP contribution in [0.25, 0.3) is 0 Å². The predicted octanol–water partition coefficient (Wildman–Crippen LogP) is 3.40. The van der Waals surface area contributed by atoms with Gasteiger partial charge in [-0.25, -0.2) is 17.5 Å². The highest BCUT2D eigenvalue weighted by Crippen LogP contribution is 2.29. The summed E-state index contributed by atoms with van der Waals surface area (Å²) in [6.07, 6.45) is 0.783. The third-order valence-corrected chi connectivity index (χ3v) is 4.11. The predicted molar refractivity (Wildman–Crippen MR) is 89.5 cm³/mol. The number of carbonyl (C=O) groups is 1. The van der Waals surface area contributed by atoms with Gasteiger partial charge < -0.3 is 4.74 Å². The molecule has 0 unspecified atom stereocenters. The lowest BCUT2D eigenvalue weighted by Gasteiger charge is -2.11. The van der Waals surface area contributed by atoms with Crippen LogP contribution in [0.3, 0.4) is 0 Å². The number of halogens is 3. The zero-order chi connectivity index (χ0) is 17.9. The Morgan fingerprint density at radius 1 is 1.21 bits per heavy atom. The molecule has 0 atom stereocenters. The Hall–Kier alpha value is -1.83. The minimum Gasteiger partial charge on any atom is -0.487 e. The number of rotatable bonds is 5. The van der Waals surface area contributed by atoms with Crippen molar-refractivity contribution in [1.29, 1.82) is 0 Å². The van der Waals surface area contributed by atoms with Crippen LogP contribution >= 0.6 is 23.2 Å². The molecule has 5 nitrogen and oxygen atoms in total. The van der Waals surface area contributed by atoms with Gasteiger partial charge in [0.25, 0.3) is 5.91 Å². The summed E-state index contributed by atoms with van der Waals surface area (Å²) in [5.74, 6) is -2.07. The molecule has 0 fully saturated rings. The highest BCUT2D eigenvalue weighted by molar-refractivity contribution is 7.89. The van der Waals surface area contributed by atoms with Crippen LogP contribution < -0.4 is 9.46 Å². The lowest BCUT2D eigenvalue weighted by atomic mass is 10.2. The van der Waals surface area contributed by atoms with Crippen LogP contribution in [0.1, 0.15) is 15.9 Å². The van der Waals surface area contributed by atoms with Crippen molar-refractivity contribution in [3.05, 3.63) is 63.4 Å². The van der Waals surface area contributed by atoms with E-state index in [1.165, 1.54) is 0 Å². The minimum atomic E-state index is -3.82. The number of sulfonamides is 1. The molecule has 9 heteroatoms. The molecule has 0 aliphatic carbocycles. The standard InChI is InChI=1S/C15H12Cl2FNO4S/c1-24(21,22)19-15(20)10-6-12(17)14(7-13(10)18)23-8-9-4-2-3-5-11(9)16/h2-7H,8H2,1H3,(H,19,20). The van der Waals surface area contributed by atoms with Gasteiger partial charge in [-0.2, -0.15) is 0 Å². The number of hydrogen-bond donors (Lipinski definition) is 1. The van der Waals surface area contributed by atoms with Crippen LogP contribution in [0.15, 0.2) is 36.4 Å². The first kappa shape index (κ1) is 18.5. The summed E-state index contributed by atoms with van der Waals surface area (Å²) < 4.78 is 43.2. The Morgan fingerprint density at radius 3 is 2.50 bits per heavy atom. The van der Waals surface area contributed by atoms with Crippen LogP contribution in [0.5, 0.6) is 5.75 Å². The Bertz CT molecular complexity index is 887. The summed E-state index contributed by atoms with van der Waals surface area (Å²) in [6, 6.07) is 8.86. The number of amides is 1. The Balaban J connectivity index is 2.21.